The summed E-state index contributed by atoms with van der Waals surface area (Å²) in [5, 5.41) is 114. The van der Waals surface area contributed by atoms with Crippen LogP contribution in [0.3, 0.4) is 0 Å². The van der Waals surface area contributed by atoms with Gasteiger partial charge >= 0.3 is 133 Å². The van der Waals surface area contributed by atoms with Gasteiger partial charge in [-0.3, -0.25) is 0 Å². The van der Waals surface area contributed by atoms with Crippen molar-refractivity contribution in [3.05, 3.63) is 25.4 Å². The summed E-state index contributed by atoms with van der Waals surface area (Å²) < 4.78 is 0. The Balaban J connectivity index is -0.000000209. The molecule has 33 nitrogen and oxygen atoms in total. The first kappa shape index (κ1) is 119. The van der Waals surface area contributed by atoms with Gasteiger partial charge in [0, 0.05) is 328 Å². The largest absolute Gasteiger partial charge is 0 e. The Hall–Kier alpha value is 2.32. The maximum Gasteiger partial charge on any atom is 0 e. The number of hydrogen-bond donors (Lipinski definition) is 26. The van der Waals surface area contributed by atoms with Crippen molar-refractivity contribution in [3.8, 4) is 0 Å². The molecule has 0 saturated carbocycles. The molecule has 26 N–H and O–H groups in total. The van der Waals surface area contributed by atoms with Crippen LogP contribution in [0.1, 0.15) is 48.0 Å². The normalized spacial score (nSPS) is 23.9. The van der Waals surface area contributed by atoms with Gasteiger partial charge in [0.25, 0.3) is 5.09 Å². The zero-order valence-corrected chi connectivity index (χ0v) is 74.0. The van der Waals surface area contributed by atoms with Crippen molar-refractivity contribution < 1.29 is 85.0 Å². The van der Waals surface area contributed by atoms with Crippen LogP contribution in [0.4, 0.5) is 0 Å². The molecule has 46 heteroatoms. The van der Waals surface area contributed by atoms with E-state index in [9.17, 15) is 0 Å². The Bertz CT molecular complexity index is 1310. The molecule has 103 heavy (non-hydrogen) atoms. The van der Waals surface area contributed by atoms with E-state index in [-0.39, 0.29) is 69.6 Å². The quantitative estimate of drug-likeness (QED) is 0.0671. The molecule has 6 atom stereocenters. The Kier molecular flexibility index (Phi) is 127. The Labute approximate surface area is 690 Å². The smallest absolute Gasteiger partial charge is 0 e. The van der Waals surface area contributed by atoms with Crippen molar-refractivity contribution in [2.45, 2.75) is 84.2 Å². The molecular weight excluding hydrogens is 1720 g/mol. The first-order chi connectivity index (χ1) is 49.5. The minimum Gasteiger partial charge on any atom is 0 e. The zero-order valence-electron chi connectivity index (χ0n) is 62.1. The molecule has 0 bridgehead atoms. The van der Waals surface area contributed by atoms with E-state index in [0.717, 1.165) is 288 Å². The number of halogens is 8. The van der Waals surface area contributed by atoms with Gasteiger partial charge in [-0.05, 0) is 61.1 Å². The van der Waals surface area contributed by atoms with E-state index < -0.39 is 10.2 Å². The zero-order chi connectivity index (χ0) is 76.9. The summed E-state index contributed by atoms with van der Waals surface area (Å²) in [6.07, 6.45) is 1.21. The molecule has 5 aliphatic heterocycles. The fourth-order valence-corrected chi connectivity index (χ4v) is 8.86. The molecule has 0 aromatic heterocycles. The van der Waals surface area contributed by atoms with Crippen molar-refractivity contribution in [2.75, 3.05) is 288 Å². The summed E-state index contributed by atoms with van der Waals surface area (Å²) in [6.45, 7) is 59.8. The summed E-state index contributed by atoms with van der Waals surface area (Å²) in [4.78, 5) is 16.6. The molecule has 0 aromatic carbocycles. The molecule has 5 fully saturated rings. The maximum atomic E-state index is 8.36. The fraction of sp³-hybridized carbons (Fsp3) is 1.00. The first-order valence-corrected chi connectivity index (χ1v) is 48.5. The van der Waals surface area contributed by atoms with Crippen LogP contribution in [-0.4, -0.2) is 340 Å². The fourth-order valence-electron chi connectivity index (χ4n) is 8.86. The molecule has 5 heterocycles. The van der Waals surface area contributed by atoms with E-state index >= 15 is 0 Å². The van der Waals surface area contributed by atoms with Crippen molar-refractivity contribution in [1.82, 2.24) is 133 Å². The van der Waals surface area contributed by atoms with Crippen LogP contribution in [0, 0.1) is 25.4 Å². The summed E-state index contributed by atoms with van der Waals surface area (Å²) in [7, 11) is 38.4. The standard InChI is InChI=1S/C15H35N5.2C11H27N5.2C10H25N5.8ClH.5Mn.HNO3.NO3/c1-11-6-16-7-14(4)20-15(5)10-19-13(3)9-18-12(2)8-17-11;1-11-10-15-7-6-13-3-2-12-4-5-14-8-9-16-11;1-2-12-4-6-14-8-10-16-11-9-15-7-5-13-3-1;2*1-2-12-5-6-14-9-10-15-8-7-13-4-3-11-1;;;;;;;;;;;;;;2*2-1(3)4/h11-20H,6-10H2,1-5H3;11-16H,2-10H2,1H3;12-16H,1-11H2;2*11-15H,1-10H2;8*1H;;;;;;(H,2,3,4);/q;;;;;;;;;;;;;;4*+2;;-1/p-8/t11-,12-,13+,14-,15-;;;;;;;;;;;;;;;;;;;/m0.................../s1. The molecule has 1 unspecified atom stereocenters. The van der Waals surface area contributed by atoms with Gasteiger partial charge < -0.3 is 153 Å². The molecule has 1 radical (unpaired) electrons. The topological polar surface area (TPSA) is 430 Å². The van der Waals surface area contributed by atoms with Crippen molar-refractivity contribution in [2.24, 2.45) is 0 Å². The van der Waals surface area contributed by atoms with Gasteiger partial charge in [-0.15, -0.1) is 10.1 Å². The Morgan fingerprint density at radius 1 is 0.252 bits per heavy atom. The SMILES string of the molecule is C1CNCCNCCNCCNCCN1.C1CNCCNCCNCCNCCN1.C1CNCCNCCNCCNCCNC1.CC1CNCCNCCNCCNCCN1.C[C@@H]1CN[C@@H](C)CN[C@@H](C)CNC[C@H](C)N[C@@H](C)CN1.O=[N+]([O-])O.O=[N+]([O-])[O-].[Cl][Mn][Cl].[Cl][Mn][Cl].[Cl][Mn][Cl].[Cl][Mn][Cl].[Mn]. The van der Waals surface area contributed by atoms with Crippen LogP contribution in [0.15, 0.2) is 0 Å². The molecule has 0 spiro atoms. The summed E-state index contributed by atoms with van der Waals surface area (Å²) in [6, 6.07) is 3.04. The molecule has 0 aromatic rings. The number of nitrogens with zero attached hydrogens (tertiary/aromatic N) is 2. The van der Waals surface area contributed by atoms with Crippen LogP contribution >= 0.6 is 80.8 Å². The van der Waals surface area contributed by atoms with E-state index in [4.69, 9.17) is 111 Å². The maximum absolute atomic E-state index is 8.36. The predicted molar refractivity (Wildman–Crippen MR) is 420 cm³/mol. The minimum absolute atomic E-state index is 0. The van der Waals surface area contributed by atoms with E-state index in [1.807, 2.05) is 0 Å². The average Bonchev–Trinajstić information content (AvgIpc) is 2.07. The Morgan fingerprint density at radius 2 is 0.388 bits per heavy atom. The second-order valence-electron chi connectivity index (χ2n) is 23.1. The van der Waals surface area contributed by atoms with E-state index in [1.54, 1.807) is 0 Å². The van der Waals surface area contributed by atoms with Gasteiger partial charge in [-0.1, -0.05) is 0 Å². The molecule has 5 aliphatic rings. The summed E-state index contributed by atoms with van der Waals surface area (Å²) in [5.74, 6) is 0. The summed E-state index contributed by atoms with van der Waals surface area (Å²) in [5.41, 5.74) is 0. The molecule has 631 valence electrons. The van der Waals surface area contributed by atoms with Gasteiger partial charge in [0.05, 0.1) is 5.09 Å². The van der Waals surface area contributed by atoms with E-state index in [2.05, 4.69) is 174 Å². The van der Waals surface area contributed by atoms with Crippen molar-refractivity contribution >= 4 is 80.8 Å². The van der Waals surface area contributed by atoms with Crippen LogP contribution in [0.25, 0.3) is 0 Å². The van der Waals surface area contributed by atoms with Gasteiger partial charge in [0.1, 0.15) is 0 Å². The Morgan fingerprint density at radius 3 is 0.612 bits per heavy atom. The second-order valence-corrected chi connectivity index (χ2v) is 30.9. The molecule has 0 amide bonds. The van der Waals surface area contributed by atoms with Crippen molar-refractivity contribution in [3.63, 3.8) is 0 Å². The number of nitrogens with one attached hydrogen (secondary N) is 25. The van der Waals surface area contributed by atoms with Crippen LogP contribution in [0.5, 0.6) is 0 Å². The van der Waals surface area contributed by atoms with Crippen LogP contribution in [-0.2, 0) is 69.6 Å². The van der Waals surface area contributed by atoms with E-state index in [1.165, 1.54) is 6.42 Å². The predicted octanol–water partition coefficient (Wildman–Crippen LogP) is -2.62. The van der Waals surface area contributed by atoms with Gasteiger partial charge in [0.15, 0.2) is 0 Å². The molecule has 0 aliphatic carbocycles. The minimum atomic E-state index is -1.75. The molecule has 5 rings (SSSR count). The second kappa shape index (κ2) is 111. The van der Waals surface area contributed by atoms with Crippen molar-refractivity contribution in [1.29, 1.82) is 0 Å². The summed E-state index contributed by atoms with van der Waals surface area (Å²) >= 11 is 0.0278. The molecule has 5 saturated heterocycles. The van der Waals surface area contributed by atoms with Crippen LogP contribution < -0.4 is 133 Å². The average molecular weight is 1860 g/mol. The first-order valence-electron chi connectivity index (χ1n) is 35.5. The van der Waals surface area contributed by atoms with E-state index in [0.29, 0.717) is 36.3 Å². The molecular formula is C57H140Cl8Mn5N27O6-. The monoisotopic (exact) mass is 1850 g/mol. The third-order valence-electron chi connectivity index (χ3n) is 13.9. The third-order valence-corrected chi connectivity index (χ3v) is 13.9. The number of hydrogen-bond acceptors (Lipinski definition) is 30. The third kappa shape index (κ3) is 134. The number of rotatable bonds is 0. The van der Waals surface area contributed by atoms with Gasteiger partial charge in [-0.25, -0.2) is 0 Å². The van der Waals surface area contributed by atoms with Crippen LogP contribution in [0.2, 0.25) is 0 Å². The van der Waals surface area contributed by atoms with Gasteiger partial charge in [-0.2, -0.15) is 0 Å². The van der Waals surface area contributed by atoms with Gasteiger partial charge in [0.2, 0.25) is 0 Å².